The minimum atomic E-state index is -4.02. The standard InChI is InChI=1S/C18H20Cl2N2O5S/c1-11(22-28(24,25)17-9-13(19)5-6-14(17)20)18(23)21-10-12-4-7-15(26-2)16(8-12)27-3/h4-9,11,22H,10H2,1-3H3,(H,21,23). The highest BCUT2D eigenvalue weighted by Gasteiger charge is 2.24. The van der Waals surface area contributed by atoms with Crippen LogP contribution in [0.4, 0.5) is 0 Å². The first-order chi connectivity index (χ1) is 13.2. The minimum absolute atomic E-state index is 0.00911. The number of rotatable bonds is 8. The van der Waals surface area contributed by atoms with Gasteiger partial charge in [0.25, 0.3) is 0 Å². The van der Waals surface area contributed by atoms with Gasteiger partial charge in [0, 0.05) is 11.6 Å². The summed E-state index contributed by atoms with van der Waals surface area (Å²) in [6.07, 6.45) is 0. The van der Waals surface area contributed by atoms with Crippen LogP contribution in [0.5, 0.6) is 11.5 Å². The van der Waals surface area contributed by atoms with Gasteiger partial charge < -0.3 is 14.8 Å². The molecule has 1 unspecified atom stereocenters. The second kappa shape index (κ2) is 9.47. The number of hydrogen-bond acceptors (Lipinski definition) is 5. The summed E-state index contributed by atoms with van der Waals surface area (Å²) in [4.78, 5) is 12.1. The van der Waals surface area contributed by atoms with E-state index in [0.717, 1.165) is 5.56 Å². The molecule has 0 aromatic heterocycles. The summed E-state index contributed by atoms with van der Waals surface area (Å²) in [6, 6.07) is 8.25. The molecule has 0 spiro atoms. The van der Waals surface area contributed by atoms with E-state index >= 15 is 0 Å². The van der Waals surface area contributed by atoms with Crippen LogP contribution in [0.1, 0.15) is 12.5 Å². The first-order valence-corrected chi connectivity index (χ1v) is 10.4. The van der Waals surface area contributed by atoms with Crippen molar-refractivity contribution in [2.45, 2.75) is 24.4 Å². The summed E-state index contributed by atoms with van der Waals surface area (Å²) >= 11 is 11.8. The number of amides is 1. The van der Waals surface area contributed by atoms with Crippen LogP contribution in [0.3, 0.4) is 0 Å². The van der Waals surface area contributed by atoms with Crippen LogP contribution in [-0.2, 0) is 21.4 Å². The third kappa shape index (κ3) is 5.51. The first-order valence-electron chi connectivity index (χ1n) is 8.14. The maximum atomic E-state index is 12.5. The monoisotopic (exact) mass is 446 g/mol. The van der Waals surface area contributed by atoms with E-state index in [1.54, 1.807) is 18.2 Å². The smallest absolute Gasteiger partial charge is 0.242 e. The Morgan fingerprint density at radius 2 is 1.75 bits per heavy atom. The van der Waals surface area contributed by atoms with E-state index in [9.17, 15) is 13.2 Å². The molecule has 1 amide bonds. The van der Waals surface area contributed by atoms with Crippen molar-refractivity contribution in [1.82, 2.24) is 10.0 Å². The molecule has 1 atom stereocenters. The zero-order valence-electron chi connectivity index (χ0n) is 15.5. The molecule has 2 aromatic carbocycles. The van der Waals surface area contributed by atoms with Gasteiger partial charge in [0.2, 0.25) is 15.9 Å². The van der Waals surface area contributed by atoms with Crippen LogP contribution < -0.4 is 19.5 Å². The number of methoxy groups -OCH3 is 2. The third-order valence-electron chi connectivity index (χ3n) is 3.82. The van der Waals surface area contributed by atoms with E-state index in [1.165, 1.54) is 39.3 Å². The lowest BCUT2D eigenvalue weighted by atomic mass is 10.2. The van der Waals surface area contributed by atoms with E-state index in [1.807, 2.05) is 0 Å². The summed E-state index contributed by atoms with van der Waals surface area (Å²) in [5.41, 5.74) is 0.763. The fourth-order valence-corrected chi connectivity index (χ4v) is 4.33. The van der Waals surface area contributed by atoms with Crippen molar-refractivity contribution in [2.75, 3.05) is 14.2 Å². The van der Waals surface area contributed by atoms with E-state index in [2.05, 4.69) is 10.0 Å². The van der Waals surface area contributed by atoms with Gasteiger partial charge in [0.15, 0.2) is 11.5 Å². The van der Waals surface area contributed by atoms with E-state index < -0.39 is 22.0 Å². The summed E-state index contributed by atoms with van der Waals surface area (Å²) in [5, 5.41) is 2.89. The van der Waals surface area contributed by atoms with Gasteiger partial charge in [-0.1, -0.05) is 29.3 Å². The molecule has 0 bridgehead atoms. The topological polar surface area (TPSA) is 93.7 Å². The van der Waals surface area contributed by atoms with Crippen LogP contribution in [0.25, 0.3) is 0 Å². The van der Waals surface area contributed by atoms with Crippen LogP contribution >= 0.6 is 23.2 Å². The van der Waals surface area contributed by atoms with Gasteiger partial charge in [-0.05, 0) is 42.8 Å². The minimum Gasteiger partial charge on any atom is -0.493 e. The van der Waals surface area contributed by atoms with E-state index in [-0.39, 0.29) is 21.5 Å². The van der Waals surface area contributed by atoms with Crippen LogP contribution in [0, 0.1) is 0 Å². The average molecular weight is 447 g/mol. The largest absolute Gasteiger partial charge is 0.493 e. The van der Waals surface area contributed by atoms with Crippen molar-refractivity contribution in [3.63, 3.8) is 0 Å². The number of halogens is 2. The summed E-state index contributed by atoms with van der Waals surface area (Å²) in [6.45, 7) is 1.61. The molecular formula is C18H20Cl2N2O5S. The molecule has 2 aromatic rings. The molecule has 28 heavy (non-hydrogen) atoms. The van der Waals surface area contributed by atoms with Crippen LogP contribution in [0.2, 0.25) is 10.0 Å². The van der Waals surface area contributed by atoms with Crippen molar-refractivity contribution in [2.24, 2.45) is 0 Å². The molecule has 0 aliphatic rings. The summed E-state index contributed by atoms with van der Waals surface area (Å²) in [7, 11) is -0.985. The Morgan fingerprint density at radius 3 is 2.39 bits per heavy atom. The fourth-order valence-electron chi connectivity index (χ4n) is 2.37. The SMILES string of the molecule is COc1ccc(CNC(=O)C(C)NS(=O)(=O)c2cc(Cl)ccc2Cl)cc1OC. The lowest BCUT2D eigenvalue weighted by Gasteiger charge is -2.16. The van der Waals surface area contributed by atoms with Crippen molar-refractivity contribution < 1.29 is 22.7 Å². The number of ether oxygens (including phenoxy) is 2. The van der Waals surface area contributed by atoms with Gasteiger partial charge in [-0.25, -0.2) is 8.42 Å². The van der Waals surface area contributed by atoms with Gasteiger partial charge >= 0.3 is 0 Å². The Labute approximate surface area is 174 Å². The molecule has 0 aliphatic carbocycles. The number of carbonyl (C=O) groups is 1. The van der Waals surface area contributed by atoms with Gasteiger partial charge in [0.1, 0.15) is 4.90 Å². The molecule has 0 heterocycles. The zero-order valence-corrected chi connectivity index (χ0v) is 17.8. The van der Waals surface area contributed by atoms with Crippen molar-refractivity contribution in [3.8, 4) is 11.5 Å². The lowest BCUT2D eigenvalue weighted by Crippen LogP contribution is -2.44. The van der Waals surface area contributed by atoms with Crippen molar-refractivity contribution in [1.29, 1.82) is 0 Å². The fraction of sp³-hybridized carbons (Fsp3) is 0.278. The Hall–Kier alpha value is -2.00. The second-order valence-corrected chi connectivity index (χ2v) is 8.35. The van der Waals surface area contributed by atoms with Crippen LogP contribution in [0.15, 0.2) is 41.3 Å². The number of carbonyl (C=O) groups excluding carboxylic acids is 1. The van der Waals surface area contributed by atoms with E-state index in [0.29, 0.717) is 11.5 Å². The van der Waals surface area contributed by atoms with E-state index in [4.69, 9.17) is 32.7 Å². The molecule has 2 rings (SSSR count). The van der Waals surface area contributed by atoms with Gasteiger partial charge in [0.05, 0.1) is 25.3 Å². The molecule has 7 nitrogen and oxygen atoms in total. The maximum absolute atomic E-state index is 12.5. The highest BCUT2D eigenvalue weighted by Crippen LogP contribution is 2.27. The molecule has 0 aliphatic heterocycles. The lowest BCUT2D eigenvalue weighted by molar-refractivity contribution is -0.122. The Kier molecular flexibility index (Phi) is 7.54. The zero-order chi connectivity index (χ0) is 20.9. The number of hydrogen-bond donors (Lipinski definition) is 2. The van der Waals surface area contributed by atoms with Crippen molar-refractivity contribution >= 4 is 39.1 Å². The number of benzene rings is 2. The molecular weight excluding hydrogens is 427 g/mol. The van der Waals surface area contributed by atoms with Gasteiger partial charge in [-0.15, -0.1) is 0 Å². The number of sulfonamides is 1. The summed E-state index contributed by atoms with van der Waals surface area (Å²) in [5.74, 6) is 0.590. The summed E-state index contributed by atoms with van der Waals surface area (Å²) < 4.78 is 37.6. The predicted octanol–water partition coefficient (Wildman–Crippen LogP) is 2.99. The predicted molar refractivity (Wildman–Crippen MR) is 108 cm³/mol. The third-order valence-corrected chi connectivity index (χ3v) is 6.08. The molecule has 152 valence electrons. The highest BCUT2D eigenvalue weighted by molar-refractivity contribution is 7.89. The molecule has 0 saturated heterocycles. The molecule has 0 saturated carbocycles. The first kappa shape index (κ1) is 22.3. The molecule has 0 fully saturated rings. The van der Waals surface area contributed by atoms with Crippen LogP contribution in [-0.4, -0.2) is 34.6 Å². The Bertz CT molecular complexity index is 966. The Balaban J connectivity index is 2.04. The van der Waals surface area contributed by atoms with Gasteiger partial charge in [-0.2, -0.15) is 4.72 Å². The average Bonchev–Trinajstić information content (AvgIpc) is 2.67. The quantitative estimate of drug-likeness (QED) is 0.649. The molecule has 10 heteroatoms. The normalized spacial score (nSPS) is 12.3. The van der Waals surface area contributed by atoms with Crippen molar-refractivity contribution in [3.05, 3.63) is 52.0 Å². The Morgan fingerprint density at radius 1 is 1.07 bits per heavy atom. The molecule has 2 N–H and O–H groups in total. The number of nitrogens with one attached hydrogen (secondary N) is 2. The molecule has 0 radical (unpaired) electrons. The highest BCUT2D eigenvalue weighted by atomic mass is 35.5. The van der Waals surface area contributed by atoms with Gasteiger partial charge in [-0.3, -0.25) is 4.79 Å². The second-order valence-electron chi connectivity index (χ2n) is 5.82. The maximum Gasteiger partial charge on any atom is 0.242 e.